The van der Waals surface area contributed by atoms with Crippen LogP contribution in [-0.2, 0) is 4.79 Å². The number of aromatic nitrogens is 2. The van der Waals surface area contributed by atoms with Gasteiger partial charge in [0.05, 0.1) is 5.69 Å². The minimum atomic E-state index is -5.08. The van der Waals surface area contributed by atoms with Crippen molar-refractivity contribution in [3.8, 4) is 11.3 Å². The highest BCUT2D eigenvalue weighted by molar-refractivity contribution is 5.93. The Bertz CT molecular complexity index is 811. The van der Waals surface area contributed by atoms with E-state index in [1.165, 1.54) is 11.1 Å². The van der Waals surface area contributed by atoms with Gasteiger partial charge in [0.2, 0.25) is 0 Å². The predicted octanol–water partition coefficient (Wildman–Crippen LogP) is 4.17. The molecule has 0 atom stereocenters. The number of carboxylic acids is 1. The number of rotatable bonds is 1. The third kappa shape index (κ3) is 4.09. The molecule has 0 aliphatic heterocycles. The number of hydrogen-bond acceptors (Lipinski definition) is 2. The largest absolute Gasteiger partial charge is 0.490 e. The van der Waals surface area contributed by atoms with Crippen LogP contribution in [0.5, 0.6) is 0 Å². The molecule has 0 spiro atoms. The summed E-state index contributed by atoms with van der Waals surface area (Å²) >= 11 is 0. The Morgan fingerprint density at radius 3 is 2.35 bits per heavy atom. The number of halogens is 3. The molecule has 2 aromatic heterocycles. The van der Waals surface area contributed by atoms with E-state index in [-0.39, 0.29) is 0 Å². The number of carbonyl (C=O) groups is 1. The van der Waals surface area contributed by atoms with Crippen molar-refractivity contribution in [3.63, 3.8) is 0 Å². The Labute approximate surface area is 129 Å². The average Bonchev–Trinajstić information content (AvgIpc) is 2.87. The lowest BCUT2D eigenvalue weighted by atomic mass is 10.1. The zero-order chi connectivity index (χ0) is 17.0. The monoisotopic (exact) mass is 322 g/mol. The van der Waals surface area contributed by atoms with E-state index in [4.69, 9.17) is 9.90 Å². The van der Waals surface area contributed by atoms with Crippen molar-refractivity contribution in [2.45, 2.75) is 13.1 Å². The van der Waals surface area contributed by atoms with Crippen LogP contribution >= 0.6 is 0 Å². The van der Waals surface area contributed by atoms with Gasteiger partial charge in [-0.2, -0.15) is 13.2 Å². The number of hydrogen-bond donors (Lipinski definition) is 2. The van der Waals surface area contributed by atoms with E-state index in [1.54, 1.807) is 0 Å². The zero-order valence-corrected chi connectivity index (χ0v) is 12.1. The summed E-state index contributed by atoms with van der Waals surface area (Å²) in [5, 5.41) is 8.31. The van der Waals surface area contributed by atoms with E-state index in [2.05, 4.69) is 35.1 Å². The second kappa shape index (κ2) is 6.51. The van der Waals surface area contributed by atoms with Crippen molar-refractivity contribution in [2.75, 3.05) is 0 Å². The van der Waals surface area contributed by atoms with Gasteiger partial charge in [0.15, 0.2) is 0 Å². The molecular weight excluding hydrogens is 309 g/mol. The zero-order valence-electron chi connectivity index (χ0n) is 12.1. The maximum Gasteiger partial charge on any atom is 0.490 e. The van der Waals surface area contributed by atoms with Crippen LogP contribution in [0, 0.1) is 6.92 Å². The maximum atomic E-state index is 10.6. The minimum Gasteiger partial charge on any atom is -0.475 e. The van der Waals surface area contributed by atoms with E-state index < -0.39 is 12.1 Å². The molecule has 0 saturated heterocycles. The molecule has 2 N–H and O–H groups in total. The number of aryl methyl sites for hydroxylation is 1. The van der Waals surface area contributed by atoms with Gasteiger partial charge in [-0.25, -0.2) is 4.79 Å². The maximum absolute atomic E-state index is 10.6. The van der Waals surface area contributed by atoms with Crippen molar-refractivity contribution in [1.29, 1.82) is 0 Å². The number of pyridine rings is 1. The first kappa shape index (κ1) is 16.5. The van der Waals surface area contributed by atoms with E-state index >= 15 is 0 Å². The van der Waals surface area contributed by atoms with Gasteiger partial charge < -0.3 is 10.1 Å². The molecule has 120 valence electrons. The number of alkyl halides is 3. The first-order chi connectivity index (χ1) is 10.8. The molecule has 3 rings (SSSR count). The summed E-state index contributed by atoms with van der Waals surface area (Å²) < 4.78 is 31.7. The van der Waals surface area contributed by atoms with Crippen LogP contribution in [0.25, 0.3) is 22.2 Å². The van der Waals surface area contributed by atoms with Gasteiger partial charge in [0, 0.05) is 28.4 Å². The van der Waals surface area contributed by atoms with Gasteiger partial charge >= 0.3 is 12.1 Å². The van der Waals surface area contributed by atoms with Crippen molar-refractivity contribution in [1.82, 2.24) is 9.97 Å². The number of aliphatic carboxylic acids is 1. The van der Waals surface area contributed by atoms with Gasteiger partial charge in [-0.1, -0.05) is 30.3 Å². The van der Waals surface area contributed by atoms with E-state index in [9.17, 15) is 13.2 Å². The Morgan fingerprint density at radius 2 is 1.78 bits per heavy atom. The second-order valence-corrected chi connectivity index (χ2v) is 4.74. The average molecular weight is 322 g/mol. The van der Waals surface area contributed by atoms with Crippen LogP contribution in [0.2, 0.25) is 0 Å². The fourth-order valence-electron chi connectivity index (χ4n) is 2.02. The highest BCUT2D eigenvalue weighted by atomic mass is 19.4. The fourth-order valence-corrected chi connectivity index (χ4v) is 2.02. The Morgan fingerprint density at radius 1 is 1.17 bits per heavy atom. The van der Waals surface area contributed by atoms with Crippen molar-refractivity contribution >= 4 is 16.9 Å². The van der Waals surface area contributed by atoms with Crippen LogP contribution in [0.3, 0.4) is 0 Å². The molecule has 0 aliphatic carbocycles. The molecule has 0 saturated carbocycles. The third-order valence-electron chi connectivity index (χ3n) is 2.97. The highest BCUT2D eigenvalue weighted by Crippen LogP contribution is 2.26. The van der Waals surface area contributed by atoms with Crippen molar-refractivity contribution in [2.24, 2.45) is 0 Å². The highest BCUT2D eigenvalue weighted by Gasteiger charge is 2.38. The standard InChI is InChI=1S/C14H12N2.C2HF3O2/c1-10-9-12-13(16-10)7-8-15-14(12)11-5-3-2-4-6-11;3-2(4,5)1(6)7/h2-9,16H,1H3;(H,6,7). The molecule has 0 amide bonds. The molecule has 0 aliphatic rings. The van der Waals surface area contributed by atoms with Crippen molar-refractivity contribution < 1.29 is 23.1 Å². The number of nitrogens with zero attached hydrogens (tertiary/aromatic N) is 1. The number of carboxylic acid groups (broad SMARTS) is 1. The van der Waals surface area contributed by atoms with Crippen LogP contribution < -0.4 is 0 Å². The summed E-state index contributed by atoms with van der Waals surface area (Å²) in [4.78, 5) is 16.7. The molecule has 4 nitrogen and oxygen atoms in total. The molecule has 3 aromatic rings. The first-order valence-corrected chi connectivity index (χ1v) is 6.59. The lowest BCUT2D eigenvalue weighted by molar-refractivity contribution is -0.192. The van der Waals surface area contributed by atoms with E-state index in [0.717, 1.165) is 16.8 Å². The molecule has 7 heteroatoms. The SMILES string of the molecule is Cc1cc2c(-c3ccccc3)nccc2[nH]1.O=C(O)C(F)(F)F. The second-order valence-electron chi connectivity index (χ2n) is 4.74. The van der Waals surface area contributed by atoms with Gasteiger partial charge in [0.25, 0.3) is 0 Å². The van der Waals surface area contributed by atoms with Gasteiger partial charge in [-0.3, -0.25) is 4.98 Å². The molecule has 0 bridgehead atoms. The summed E-state index contributed by atoms with van der Waals surface area (Å²) in [7, 11) is 0. The first-order valence-electron chi connectivity index (χ1n) is 6.59. The quantitative estimate of drug-likeness (QED) is 0.706. The number of H-pyrrole nitrogens is 1. The summed E-state index contributed by atoms with van der Waals surface area (Å²) in [5.41, 5.74) is 4.51. The Hall–Kier alpha value is -2.83. The molecule has 1 aromatic carbocycles. The summed E-state index contributed by atoms with van der Waals surface area (Å²) in [6.45, 7) is 2.06. The van der Waals surface area contributed by atoms with Gasteiger partial charge in [0.1, 0.15) is 0 Å². The lowest BCUT2D eigenvalue weighted by Gasteiger charge is -2.01. The minimum absolute atomic E-state index is 1.04. The summed E-state index contributed by atoms with van der Waals surface area (Å²) in [6.07, 6.45) is -3.24. The molecule has 0 radical (unpaired) electrons. The van der Waals surface area contributed by atoms with E-state index in [1.807, 2.05) is 30.5 Å². The predicted molar refractivity (Wildman–Crippen MR) is 80.0 cm³/mol. The molecular formula is C16H13F3N2O2. The number of aromatic amines is 1. The number of fused-ring (bicyclic) bond motifs is 1. The lowest BCUT2D eigenvalue weighted by Crippen LogP contribution is -2.21. The van der Waals surface area contributed by atoms with Crippen molar-refractivity contribution in [3.05, 3.63) is 54.4 Å². The number of nitrogens with one attached hydrogen (secondary N) is 1. The molecule has 23 heavy (non-hydrogen) atoms. The summed E-state index contributed by atoms with van der Waals surface area (Å²) in [6, 6.07) is 14.4. The normalized spacial score (nSPS) is 11.0. The number of benzene rings is 1. The van der Waals surface area contributed by atoms with Crippen LogP contribution in [0.4, 0.5) is 13.2 Å². The van der Waals surface area contributed by atoms with Crippen LogP contribution in [0.15, 0.2) is 48.7 Å². The van der Waals surface area contributed by atoms with E-state index in [0.29, 0.717) is 0 Å². The summed E-state index contributed by atoms with van der Waals surface area (Å²) in [5.74, 6) is -2.76. The molecule has 0 unspecified atom stereocenters. The van der Waals surface area contributed by atoms with Crippen LogP contribution in [0.1, 0.15) is 5.69 Å². The molecule has 2 heterocycles. The van der Waals surface area contributed by atoms with Crippen LogP contribution in [-0.4, -0.2) is 27.2 Å². The molecule has 0 fully saturated rings. The third-order valence-corrected chi connectivity index (χ3v) is 2.97. The fraction of sp³-hybridized carbons (Fsp3) is 0.125. The Kier molecular flexibility index (Phi) is 4.68. The van der Waals surface area contributed by atoms with Gasteiger partial charge in [-0.05, 0) is 19.1 Å². The smallest absolute Gasteiger partial charge is 0.475 e. The van der Waals surface area contributed by atoms with Gasteiger partial charge in [-0.15, -0.1) is 0 Å². The topological polar surface area (TPSA) is 66.0 Å². The Balaban J connectivity index is 0.000000236.